The predicted octanol–water partition coefficient (Wildman–Crippen LogP) is 4.52. The Hall–Kier alpha value is -0.760. The van der Waals surface area contributed by atoms with E-state index in [4.69, 9.17) is 0 Å². The maximum Gasteiger partial charge on any atom is 0.0356 e. The number of hydrogen-bond acceptors (Lipinski definition) is 1. The molecule has 1 rings (SSSR count). The van der Waals surface area contributed by atoms with Crippen LogP contribution in [-0.4, -0.2) is 6.04 Å². The summed E-state index contributed by atoms with van der Waals surface area (Å²) in [6.45, 7) is 8.03. The molecule has 1 aromatic rings. The van der Waals surface area contributed by atoms with E-state index in [2.05, 4.69) is 59.9 Å². The first-order chi connectivity index (χ1) is 7.11. The van der Waals surface area contributed by atoms with Crippen molar-refractivity contribution in [2.24, 2.45) is 0 Å². The number of aryl methyl sites for hydroxylation is 1. The lowest BCUT2D eigenvalue weighted by molar-refractivity contribution is 0.719. The number of nitrogens with one attached hydrogen (secondary N) is 1. The molecule has 82 valence electrons. The quantitative estimate of drug-likeness (QED) is 0.774. The fraction of sp³-hybridized carbons (Fsp3) is 0.385. The minimum absolute atomic E-state index is 0.483. The average molecular weight is 268 g/mol. The van der Waals surface area contributed by atoms with E-state index in [1.54, 1.807) is 0 Å². The van der Waals surface area contributed by atoms with Gasteiger partial charge >= 0.3 is 0 Å². The van der Waals surface area contributed by atoms with E-state index in [1.165, 1.54) is 11.3 Å². The number of halogens is 1. The highest BCUT2D eigenvalue weighted by Gasteiger charge is 2.01. The van der Waals surface area contributed by atoms with Crippen LogP contribution in [0.1, 0.15) is 25.3 Å². The van der Waals surface area contributed by atoms with Crippen molar-refractivity contribution in [3.05, 3.63) is 40.9 Å². The van der Waals surface area contributed by atoms with Gasteiger partial charge in [-0.3, -0.25) is 0 Å². The largest absolute Gasteiger partial charge is 0.383 e. The van der Waals surface area contributed by atoms with Crippen LogP contribution in [0.3, 0.4) is 0 Å². The minimum Gasteiger partial charge on any atom is -0.383 e. The van der Waals surface area contributed by atoms with Crippen LogP contribution in [0.4, 0.5) is 5.69 Å². The third-order valence-electron chi connectivity index (χ3n) is 2.26. The van der Waals surface area contributed by atoms with Crippen LogP contribution < -0.4 is 5.32 Å². The fourth-order valence-corrected chi connectivity index (χ4v) is 2.15. The number of allylic oxidation sites excluding steroid dienone is 1. The van der Waals surface area contributed by atoms with Crippen molar-refractivity contribution < 1.29 is 0 Å². The van der Waals surface area contributed by atoms with Crippen LogP contribution in [0.2, 0.25) is 0 Å². The summed E-state index contributed by atoms with van der Waals surface area (Å²) in [6, 6.07) is 6.86. The molecular weight excluding hydrogens is 250 g/mol. The Morgan fingerprint density at radius 3 is 2.80 bits per heavy atom. The standard InChI is InChI=1S/C13H18BrN/c1-4-5-6-11(3)15-13-8-10(2)7-12(14)9-13/h4,7-9,11,15H,1,5-6H2,2-3H3. The van der Waals surface area contributed by atoms with Crippen molar-refractivity contribution in [1.82, 2.24) is 0 Å². The van der Waals surface area contributed by atoms with Crippen LogP contribution in [0.5, 0.6) is 0 Å². The average Bonchev–Trinajstić information content (AvgIpc) is 2.13. The molecule has 0 aliphatic rings. The Kier molecular flexibility index (Phi) is 4.89. The summed E-state index contributed by atoms with van der Waals surface area (Å²) in [4.78, 5) is 0. The third-order valence-corrected chi connectivity index (χ3v) is 2.72. The van der Waals surface area contributed by atoms with Gasteiger partial charge in [0.15, 0.2) is 0 Å². The number of rotatable bonds is 5. The second kappa shape index (κ2) is 5.96. The highest BCUT2D eigenvalue weighted by Crippen LogP contribution is 2.20. The first-order valence-electron chi connectivity index (χ1n) is 5.26. The molecule has 15 heavy (non-hydrogen) atoms. The van der Waals surface area contributed by atoms with E-state index >= 15 is 0 Å². The lowest BCUT2D eigenvalue weighted by atomic mass is 10.1. The topological polar surface area (TPSA) is 12.0 Å². The van der Waals surface area contributed by atoms with E-state index in [0.29, 0.717) is 6.04 Å². The van der Waals surface area contributed by atoms with Crippen LogP contribution in [-0.2, 0) is 0 Å². The van der Waals surface area contributed by atoms with Crippen LogP contribution in [0.25, 0.3) is 0 Å². The first kappa shape index (κ1) is 12.3. The molecule has 2 heteroatoms. The summed E-state index contributed by atoms with van der Waals surface area (Å²) in [7, 11) is 0. The molecule has 1 atom stereocenters. The first-order valence-corrected chi connectivity index (χ1v) is 6.05. The molecule has 0 fully saturated rings. The molecule has 0 radical (unpaired) electrons. The number of hydrogen-bond donors (Lipinski definition) is 1. The number of benzene rings is 1. The number of anilines is 1. The summed E-state index contributed by atoms with van der Waals surface area (Å²) in [5, 5.41) is 3.48. The maximum atomic E-state index is 3.73. The van der Waals surface area contributed by atoms with Gasteiger partial charge in [-0.1, -0.05) is 22.0 Å². The van der Waals surface area contributed by atoms with Crippen molar-refractivity contribution >= 4 is 21.6 Å². The molecule has 0 aromatic heterocycles. The van der Waals surface area contributed by atoms with Gasteiger partial charge < -0.3 is 5.32 Å². The zero-order chi connectivity index (χ0) is 11.3. The smallest absolute Gasteiger partial charge is 0.0356 e. The molecular formula is C13H18BrN. The summed E-state index contributed by atoms with van der Waals surface area (Å²) in [6.07, 6.45) is 4.14. The fourth-order valence-electron chi connectivity index (χ4n) is 1.54. The Bertz CT molecular complexity index is 313. The van der Waals surface area contributed by atoms with Gasteiger partial charge in [0.25, 0.3) is 0 Å². The van der Waals surface area contributed by atoms with Gasteiger partial charge in [0, 0.05) is 16.2 Å². The van der Waals surface area contributed by atoms with Crippen molar-refractivity contribution in [3.8, 4) is 0 Å². The van der Waals surface area contributed by atoms with Crippen molar-refractivity contribution in [2.45, 2.75) is 32.7 Å². The van der Waals surface area contributed by atoms with E-state index in [0.717, 1.165) is 17.3 Å². The minimum atomic E-state index is 0.483. The molecule has 0 saturated carbocycles. The zero-order valence-corrected chi connectivity index (χ0v) is 11.0. The van der Waals surface area contributed by atoms with Gasteiger partial charge in [0.1, 0.15) is 0 Å². The molecule has 1 aromatic carbocycles. The molecule has 1 unspecified atom stereocenters. The molecule has 0 aliphatic carbocycles. The predicted molar refractivity (Wildman–Crippen MR) is 71.4 cm³/mol. The van der Waals surface area contributed by atoms with E-state index in [9.17, 15) is 0 Å². The Balaban J connectivity index is 2.59. The summed E-state index contributed by atoms with van der Waals surface area (Å²) >= 11 is 3.50. The molecule has 1 N–H and O–H groups in total. The van der Waals surface area contributed by atoms with Crippen LogP contribution in [0, 0.1) is 6.92 Å². The highest BCUT2D eigenvalue weighted by molar-refractivity contribution is 9.10. The van der Waals surface area contributed by atoms with Gasteiger partial charge in [-0.25, -0.2) is 0 Å². The summed E-state index contributed by atoms with van der Waals surface area (Å²) in [5.41, 5.74) is 2.45. The van der Waals surface area contributed by atoms with E-state index < -0.39 is 0 Å². The molecule has 0 heterocycles. The normalized spacial score (nSPS) is 12.2. The molecule has 0 aliphatic heterocycles. The zero-order valence-electron chi connectivity index (χ0n) is 9.39. The van der Waals surface area contributed by atoms with E-state index in [-0.39, 0.29) is 0 Å². The van der Waals surface area contributed by atoms with Gasteiger partial charge in [-0.2, -0.15) is 0 Å². The Morgan fingerprint density at radius 1 is 1.47 bits per heavy atom. The highest BCUT2D eigenvalue weighted by atomic mass is 79.9. The summed E-state index contributed by atoms with van der Waals surface area (Å²) < 4.78 is 1.13. The van der Waals surface area contributed by atoms with Gasteiger partial charge in [0.05, 0.1) is 0 Å². The van der Waals surface area contributed by atoms with Crippen molar-refractivity contribution in [2.75, 3.05) is 5.32 Å². The lowest BCUT2D eigenvalue weighted by Gasteiger charge is -2.15. The Morgan fingerprint density at radius 2 is 2.20 bits per heavy atom. The van der Waals surface area contributed by atoms with E-state index in [1.807, 2.05) is 6.08 Å². The summed E-state index contributed by atoms with van der Waals surface area (Å²) in [5.74, 6) is 0. The molecule has 0 spiro atoms. The van der Waals surface area contributed by atoms with Crippen LogP contribution >= 0.6 is 15.9 Å². The second-order valence-corrected chi connectivity index (χ2v) is 4.84. The van der Waals surface area contributed by atoms with Crippen LogP contribution in [0.15, 0.2) is 35.3 Å². The molecule has 1 nitrogen and oxygen atoms in total. The van der Waals surface area contributed by atoms with Gasteiger partial charge in [-0.05, 0) is 50.5 Å². The third kappa shape index (κ3) is 4.52. The molecule has 0 amide bonds. The van der Waals surface area contributed by atoms with Crippen molar-refractivity contribution in [1.29, 1.82) is 0 Å². The van der Waals surface area contributed by atoms with Gasteiger partial charge in [-0.15, -0.1) is 6.58 Å². The SMILES string of the molecule is C=CCCC(C)Nc1cc(C)cc(Br)c1. The lowest BCUT2D eigenvalue weighted by Crippen LogP contribution is -2.14. The second-order valence-electron chi connectivity index (χ2n) is 3.93. The molecule has 0 saturated heterocycles. The van der Waals surface area contributed by atoms with Gasteiger partial charge in [0.2, 0.25) is 0 Å². The molecule has 0 bridgehead atoms. The Labute approximate surface area is 101 Å². The maximum absolute atomic E-state index is 3.73. The van der Waals surface area contributed by atoms with Crippen molar-refractivity contribution in [3.63, 3.8) is 0 Å². The monoisotopic (exact) mass is 267 g/mol.